The van der Waals surface area contributed by atoms with E-state index in [1.54, 1.807) is 0 Å². The van der Waals surface area contributed by atoms with Crippen molar-refractivity contribution in [3.05, 3.63) is 131 Å². The normalized spacial score (nSPS) is 12.3. The zero-order valence-electron chi connectivity index (χ0n) is 17.9. The lowest BCUT2D eigenvalue weighted by atomic mass is 9.80. The lowest BCUT2D eigenvalue weighted by Gasteiger charge is -2.36. The van der Waals surface area contributed by atoms with Crippen LogP contribution in [0.2, 0.25) is 5.02 Å². The van der Waals surface area contributed by atoms with Gasteiger partial charge in [-0.05, 0) is 61.0 Å². The second-order valence-electron chi connectivity index (χ2n) is 7.29. The quantitative estimate of drug-likeness (QED) is 0.382. The molecule has 1 heterocycles. The van der Waals surface area contributed by atoms with E-state index in [4.69, 9.17) is 16.6 Å². The first-order valence-electron chi connectivity index (χ1n) is 10.3. The van der Waals surface area contributed by atoms with Gasteiger partial charge in [0.05, 0.1) is 5.69 Å². The molecule has 0 aliphatic rings. The number of rotatable bonds is 6. The van der Waals surface area contributed by atoms with Crippen molar-refractivity contribution in [2.45, 2.75) is 18.9 Å². The summed E-state index contributed by atoms with van der Waals surface area (Å²) in [7, 11) is 1.50. The number of nitrogens with two attached hydrogens (primary N) is 1. The molecule has 0 saturated carbocycles. The Bertz CT molecular complexity index is 1020. The standard InChI is InChI=1S/C26H23ClN2.CH5N/c1-20-15-16-25(28-19-20)26(18-21-9-4-2-5-10-21,22-11-8-12-23(27)17-22)29-24-13-6-3-7-14-24;1-2/h2-17,19,29H,18H2,1H3;2H2,1H3. The van der Waals surface area contributed by atoms with Crippen LogP contribution < -0.4 is 11.1 Å². The summed E-state index contributed by atoms with van der Waals surface area (Å²) in [6.07, 6.45) is 2.66. The number of aryl methyl sites for hydroxylation is 1. The van der Waals surface area contributed by atoms with Gasteiger partial charge in [-0.15, -0.1) is 0 Å². The molecular weight excluding hydrogens is 402 g/mol. The molecule has 0 saturated heterocycles. The largest absolute Gasteiger partial charge is 0.370 e. The molecule has 0 fully saturated rings. The van der Waals surface area contributed by atoms with E-state index in [0.29, 0.717) is 5.02 Å². The number of pyridine rings is 1. The second kappa shape index (κ2) is 10.8. The van der Waals surface area contributed by atoms with Crippen LogP contribution in [0.15, 0.2) is 103 Å². The van der Waals surface area contributed by atoms with Crippen molar-refractivity contribution < 1.29 is 0 Å². The predicted octanol–water partition coefficient (Wildman–Crippen LogP) is 6.22. The molecule has 0 spiro atoms. The maximum absolute atomic E-state index is 6.42. The molecule has 0 amide bonds. The van der Waals surface area contributed by atoms with Gasteiger partial charge in [0.1, 0.15) is 5.54 Å². The van der Waals surface area contributed by atoms with E-state index in [0.717, 1.165) is 28.9 Å². The first-order chi connectivity index (χ1) is 15.2. The molecule has 1 aromatic heterocycles. The maximum atomic E-state index is 6.42. The summed E-state index contributed by atoms with van der Waals surface area (Å²) in [6.45, 7) is 2.06. The van der Waals surface area contributed by atoms with Gasteiger partial charge in [0.15, 0.2) is 0 Å². The first-order valence-corrected chi connectivity index (χ1v) is 10.7. The van der Waals surface area contributed by atoms with Crippen LogP contribution >= 0.6 is 11.6 Å². The summed E-state index contributed by atoms with van der Waals surface area (Å²) in [6, 6.07) is 33.0. The molecule has 4 aromatic rings. The van der Waals surface area contributed by atoms with Gasteiger partial charge in [0.2, 0.25) is 0 Å². The highest BCUT2D eigenvalue weighted by Crippen LogP contribution is 2.37. The number of hydrogen-bond donors (Lipinski definition) is 2. The topological polar surface area (TPSA) is 50.9 Å². The van der Waals surface area contributed by atoms with Gasteiger partial charge in [-0.3, -0.25) is 4.98 Å². The Kier molecular flexibility index (Phi) is 7.82. The number of halogens is 1. The average Bonchev–Trinajstić information content (AvgIpc) is 2.82. The summed E-state index contributed by atoms with van der Waals surface area (Å²) in [4.78, 5) is 4.84. The minimum atomic E-state index is -0.568. The number of nitrogens with zero attached hydrogens (tertiary/aromatic N) is 1. The number of aromatic nitrogens is 1. The molecule has 0 bridgehead atoms. The minimum absolute atomic E-state index is 0.568. The van der Waals surface area contributed by atoms with Gasteiger partial charge in [0.25, 0.3) is 0 Å². The average molecular weight is 430 g/mol. The number of benzene rings is 3. The van der Waals surface area contributed by atoms with Gasteiger partial charge in [-0.25, -0.2) is 0 Å². The molecule has 1 atom stereocenters. The van der Waals surface area contributed by atoms with Crippen LogP contribution in [0, 0.1) is 6.92 Å². The summed E-state index contributed by atoms with van der Waals surface area (Å²) >= 11 is 6.42. The zero-order valence-corrected chi connectivity index (χ0v) is 18.7. The Balaban J connectivity index is 0.00000132. The molecular formula is C27H28ClN3. The van der Waals surface area contributed by atoms with Crippen molar-refractivity contribution in [3.63, 3.8) is 0 Å². The maximum Gasteiger partial charge on any atom is 0.109 e. The predicted molar refractivity (Wildman–Crippen MR) is 132 cm³/mol. The lowest BCUT2D eigenvalue weighted by Crippen LogP contribution is -2.40. The number of hydrogen-bond acceptors (Lipinski definition) is 3. The van der Waals surface area contributed by atoms with Crippen molar-refractivity contribution in [1.82, 2.24) is 4.98 Å². The van der Waals surface area contributed by atoms with Crippen LogP contribution in [0.25, 0.3) is 0 Å². The number of anilines is 1. The molecule has 0 radical (unpaired) electrons. The zero-order chi connectivity index (χ0) is 22.1. The summed E-state index contributed by atoms with van der Waals surface area (Å²) in [5.74, 6) is 0. The Morgan fingerprint density at radius 3 is 2.13 bits per heavy atom. The third kappa shape index (κ3) is 5.52. The van der Waals surface area contributed by atoms with Gasteiger partial charge in [-0.1, -0.05) is 78.3 Å². The summed E-state index contributed by atoms with van der Waals surface area (Å²) in [5.41, 5.74) is 9.35. The Hall–Kier alpha value is -3.14. The van der Waals surface area contributed by atoms with E-state index < -0.39 is 5.54 Å². The molecule has 3 N–H and O–H groups in total. The SMILES string of the molecule is CN.Cc1ccc(C(Cc2ccccc2)(Nc2ccccc2)c2cccc(Cl)c2)nc1. The highest BCUT2D eigenvalue weighted by molar-refractivity contribution is 6.30. The van der Waals surface area contributed by atoms with Crippen LogP contribution in [0.4, 0.5) is 5.69 Å². The fourth-order valence-electron chi connectivity index (χ4n) is 3.67. The Morgan fingerprint density at radius 2 is 1.52 bits per heavy atom. The lowest BCUT2D eigenvalue weighted by molar-refractivity contribution is 0.565. The molecule has 0 aliphatic heterocycles. The molecule has 4 heteroatoms. The van der Waals surface area contributed by atoms with Gasteiger partial charge >= 0.3 is 0 Å². The fourth-order valence-corrected chi connectivity index (χ4v) is 3.86. The fraction of sp³-hybridized carbons (Fsp3) is 0.148. The van der Waals surface area contributed by atoms with E-state index in [-0.39, 0.29) is 0 Å². The van der Waals surface area contributed by atoms with Crippen LogP contribution in [0.1, 0.15) is 22.4 Å². The third-order valence-corrected chi connectivity index (χ3v) is 5.34. The Labute approximate surface area is 189 Å². The van der Waals surface area contributed by atoms with Crippen LogP contribution in [-0.4, -0.2) is 12.0 Å². The molecule has 3 nitrogen and oxygen atoms in total. The van der Waals surface area contributed by atoms with Crippen molar-refractivity contribution in [3.8, 4) is 0 Å². The first kappa shape index (κ1) is 22.5. The Morgan fingerprint density at radius 1 is 0.839 bits per heavy atom. The van der Waals surface area contributed by atoms with E-state index in [1.165, 1.54) is 12.6 Å². The monoisotopic (exact) mass is 429 g/mol. The van der Waals surface area contributed by atoms with E-state index in [9.17, 15) is 0 Å². The molecule has 158 valence electrons. The second-order valence-corrected chi connectivity index (χ2v) is 7.73. The highest BCUT2D eigenvalue weighted by Gasteiger charge is 2.36. The minimum Gasteiger partial charge on any atom is -0.370 e. The number of para-hydroxylation sites is 1. The van der Waals surface area contributed by atoms with Crippen LogP contribution in [-0.2, 0) is 12.0 Å². The van der Waals surface area contributed by atoms with Crippen LogP contribution in [0.3, 0.4) is 0 Å². The van der Waals surface area contributed by atoms with E-state index in [1.807, 2.05) is 48.7 Å². The van der Waals surface area contributed by atoms with Gasteiger partial charge in [0, 0.05) is 23.3 Å². The summed E-state index contributed by atoms with van der Waals surface area (Å²) in [5, 5.41) is 4.51. The molecule has 3 aromatic carbocycles. The van der Waals surface area contributed by atoms with E-state index in [2.05, 4.69) is 72.6 Å². The summed E-state index contributed by atoms with van der Waals surface area (Å²) < 4.78 is 0. The molecule has 4 rings (SSSR count). The van der Waals surface area contributed by atoms with Crippen molar-refractivity contribution in [2.75, 3.05) is 12.4 Å². The van der Waals surface area contributed by atoms with Gasteiger partial charge < -0.3 is 11.1 Å². The smallest absolute Gasteiger partial charge is 0.109 e. The number of nitrogens with one attached hydrogen (secondary N) is 1. The van der Waals surface area contributed by atoms with Crippen molar-refractivity contribution in [2.24, 2.45) is 5.73 Å². The van der Waals surface area contributed by atoms with Gasteiger partial charge in [-0.2, -0.15) is 0 Å². The van der Waals surface area contributed by atoms with E-state index >= 15 is 0 Å². The van der Waals surface area contributed by atoms with Crippen molar-refractivity contribution >= 4 is 17.3 Å². The van der Waals surface area contributed by atoms with Crippen LogP contribution in [0.5, 0.6) is 0 Å². The molecule has 1 unspecified atom stereocenters. The molecule has 0 aliphatic carbocycles. The van der Waals surface area contributed by atoms with Crippen molar-refractivity contribution in [1.29, 1.82) is 0 Å². The molecule has 31 heavy (non-hydrogen) atoms. The highest BCUT2D eigenvalue weighted by atomic mass is 35.5. The third-order valence-electron chi connectivity index (χ3n) is 5.11.